The van der Waals surface area contributed by atoms with E-state index in [1.165, 1.54) is 10.4 Å². The number of hydrogen-bond acceptors (Lipinski definition) is 2. The van der Waals surface area contributed by atoms with Crippen LogP contribution in [-0.2, 0) is 6.54 Å². The topological polar surface area (TPSA) is 12.0 Å². The lowest BCUT2D eigenvalue weighted by Crippen LogP contribution is -2.25. The van der Waals surface area contributed by atoms with Crippen molar-refractivity contribution in [1.29, 1.82) is 0 Å². The average molecular weight is 265 g/mol. The molecule has 1 aromatic heterocycles. The molecule has 0 aliphatic heterocycles. The quantitative estimate of drug-likeness (QED) is 0.810. The van der Waals surface area contributed by atoms with Gasteiger partial charge in [0.1, 0.15) is 0 Å². The Bertz CT molecular complexity index is 333. The summed E-state index contributed by atoms with van der Waals surface area (Å²) in [7, 11) is 0. The van der Waals surface area contributed by atoms with Gasteiger partial charge in [0.15, 0.2) is 0 Å². The van der Waals surface area contributed by atoms with Gasteiger partial charge < -0.3 is 5.32 Å². The third kappa shape index (κ3) is 6.07. The Hall–Kier alpha value is -0.550. The molecule has 0 saturated heterocycles. The Kier molecular flexibility index (Phi) is 5.46. The molecular formula is C12H18F3NS. The number of alkyl halides is 3. The van der Waals surface area contributed by atoms with E-state index in [0.717, 1.165) is 6.54 Å². The van der Waals surface area contributed by atoms with E-state index >= 15 is 0 Å². The van der Waals surface area contributed by atoms with Gasteiger partial charge in [-0.15, -0.1) is 11.3 Å². The van der Waals surface area contributed by atoms with Gasteiger partial charge in [-0.05, 0) is 43.7 Å². The maximum absolute atomic E-state index is 11.9. The van der Waals surface area contributed by atoms with E-state index in [2.05, 4.69) is 11.4 Å². The Morgan fingerprint density at radius 1 is 1.41 bits per heavy atom. The molecule has 0 radical (unpaired) electrons. The molecule has 0 amide bonds. The van der Waals surface area contributed by atoms with Gasteiger partial charge in [-0.3, -0.25) is 0 Å². The first kappa shape index (κ1) is 14.5. The van der Waals surface area contributed by atoms with Gasteiger partial charge in [0.05, 0.1) is 0 Å². The molecule has 1 nitrogen and oxygen atoms in total. The molecule has 0 aliphatic rings. The highest BCUT2D eigenvalue weighted by molar-refractivity contribution is 7.10. The van der Waals surface area contributed by atoms with Crippen LogP contribution in [0.5, 0.6) is 0 Å². The summed E-state index contributed by atoms with van der Waals surface area (Å²) in [4.78, 5) is 1.26. The first-order valence-electron chi connectivity index (χ1n) is 5.71. The van der Waals surface area contributed by atoms with Gasteiger partial charge >= 0.3 is 6.18 Å². The molecule has 1 aromatic rings. The van der Waals surface area contributed by atoms with Crippen molar-refractivity contribution < 1.29 is 13.2 Å². The van der Waals surface area contributed by atoms with Gasteiger partial charge in [-0.25, -0.2) is 0 Å². The van der Waals surface area contributed by atoms with Crippen molar-refractivity contribution in [2.75, 3.05) is 0 Å². The molecule has 1 unspecified atom stereocenters. The predicted octanol–water partition coefficient (Wildman–Crippen LogP) is 4.27. The van der Waals surface area contributed by atoms with Crippen LogP contribution in [0.25, 0.3) is 0 Å². The molecule has 0 aromatic carbocycles. The van der Waals surface area contributed by atoms with Crippen molar-refractivity contribution in [1.82, 2.24) is 5.32 Å². The number of nitrogens with one attached hydrogen (secondary N) is 1. The van der Waals surface area contributed by atoms with Gasteiger partial charge in [0.2, 0.25) is 0 Å². The summed E-state index contributed by atoms with van der Waals surface area (Å²) in [5.41, 5.74) is 1.24. The molecule has 5 heteroatoms. The highest BCUT2D eigenvalue weighted by Gasteiger charge is 2.26. The molecule has 17 heavy (non-hydrogen) atoms. The molecule has 1 N–H and O–H groups in total. The maximum Gasteiger partial charge on any atom is 0.389 e. The second kappa shape index (κ2) is 6.40. The zero-order valence-corrected chi connectivity index (χ0v) is 10.9. The van der Waals surface area contributed by atoms with E-state index in [9.17, 15) is 13.2 Å². The van der Waals surface area contributed by atoms with Crippen LogP contribution in [0, 0.1) is 6.92 Å². The van der Waals surface area contributed by atoms with E-state index < -0.39 is 12.6 Å². The van der Waals surface area contributed by atoms with E-state index in [-0.39, 0.29) is 12.5 Å². The minimum atomic E-state index is -4.02. The summed E-state index contributed by atoms with van der Waals surface area (Å²) in [6.07, 6.45) is -3.95. The van der Waals surface area contributed by atoms with Crippen LogP contribution in [0.1, 0.15) is 36.6 Å². The highest BCUT2D eigenvalue weighted by atomic mass is 32.1. The number of thiophene rings is 1. The smallest absolute Gasteiger partial charge is 0.309 e. The lowest BCUT2D eigenvalue weighted by molar-refractivity contribution is -0.135. The lowest BCUT2D eigenvalue weighted by atomic mass is 10.1. The van der Waals surface area contributed by atoms with Crippen molar-refractivity contribution in [3.05, 3.63) is 21.9 Å². The second-order valence-corrected chi connectivity index (χ2v) is 5.32. The monoisotopic (exact) mass is 265 g/mol. The Labute approximate surface area is 104 Å². The molecule has 0 spiro atoms. The van der Waals surface area contributed by atoms with Crippen molar-refractivity contribution >= 4 is 11.3 Å². The summed E-state index contributed by atoms with van der Waals surface area (Å²) in [6, 6.07) is 2.18. The first-order valence-corrected chi connectivity index (χ1v) is 6.59. The minimum Gasteiger partial charge on any atom is -0.309 e. The molecule has 0 fully saturated rings. The number of rotatable bonds is 6. The SMILES string of the molecule is Cc1ccsc1CNC(C)CCCC(F)(F)F. The molecular weight excluding hydrogens is 247 g/mol. The molecule has 0 bridgehead atoms. The average Bonchev–Trinajstić information content (AvgIpc) is 2.59. The fraction of sp³-hybridized carbons (Fsp3) is 0.667. The second-order valence-electron chi connectivity index (χ2n) is 4.32. The van der Waals surface area contributed by atoms with Crippen molar-refractivity contribution in [3.8, 4) is 0 Å². The molecule has 1 atom stereocenters. The number of halogens is 3. The van der Waals surface area contributed by atoms with Gasteiger partial charge in [0.25, 0.3) is 0 Å². The molecule has 98 valence electrons. The van der Waals surface area contributed by atoms with Crippen molar-refractivity contribution in [2.24, 2.45) is 0 Å². The number of aryl methyl sites for hydroxylation is 1. The standard InChI is InChI=1S/C12H18F3NS/c1-9-5-7-17-11(9)8-16-10(2)4-3-6-12(13,14)15/h5,7,10,16H,3-4,6,8H2,1-2H3. The zero-order valence-electron chi connectivity index (χ0n) is 10.1. The summed E-state index contributed by atoms with van der Waals surface area (Å²) in [5, 5.41) is 5.28. The van der Waals surface area contributed by atoms with Crippen LogP contribution in [-0.4, -0.2) is 12.2 Å². The number of hydrogen-bond donors (Lipinski definition) is 1. The zero-order chi connectivity index (χ0) is 12.9. The van der Waals surface area contributed by atoms with Crippen molar-refractivity contribution in [3.63, 3.8) is 0 Å². The highest BCUT2D eigenvalue weighted by Crippen LogP contribution is 2.22. The summed E-state index contributed by atoms with van der Waals surface area (Å²) >= 11 is 1.68. The largest absolute Gasteiger partial charge is 0.389 e. The van der Waals surface area contributed by atoms with Gasteiger partial charge in [-0.1, -0.05) is 0 Å². The molecule has 0 saturated carbocycles. The van der Waals surface area contributed by atoms with Crippen LogP contribution in [0.2, 0.25) is 0 Å². The summed E-state index contributed by atoms with van der Waals surface area (Å²) in [6.45, 7) is 4.72. The van der Waals surface area contributed by atoms with Crippen LogP contribution in [0.15, 0.2) is 11.4 Å². The van der Waals surface area contributed by atoms with Crippen LogP contribution in [0.4, 0.5) is 13.2 Å². The van der Waals surface area contributed by atoms with Gasteiger partial charge in [0, 0.05) is 23.9 Å². The summed E-state index contributed by atoms with van der Waals surface area (Å²) < 4.78 is 35.8. The Balaban J connectivity index is 2.18. The Morgan fingerprint density at radius 3 is 2.65 bits per heavy atom. The fourth-order valence-electron chi connectivity index (χ4n) is 1.56. The predicted molar refractivity (Wildman–Crippen MR) is 65.3 cm³/mol. The molecule has 1 heterocycles. The Morgan fingerprint density at radius 2 is 2.12 bits per heavy atom. The van der Waals surface area contributed by atoms with E-state index in [1.54, 1.807) is 11.3 Å². The molecule has 0 aliphatic carbocycles. The normalized spacial score (nSPS) is 13.9. The van der Waals surface area contributed by atoms with E-state index in [1.807, 2.05) is 19.2 Å². The van der Waals surface area contributed by atoms with Gasteiger partial charge in [-0.2, -0.15) is 13.2 Å². The third-order valence-corrected chi connectivity index (χ3v) is 3.70. The van der Waals surface area contributed by atoms with Crippen molar-refractivity contribution in [2.45, 2.75) is 51.9 Å². The van der Waals surface area contributed by atoms with E-state index in [0.29, 0.717) is 6.42 Å². The lowest BCUT2D eigenvalue weighted by Gasteiger charge is -2.14. The first-order chi connectivity index (χ1) is 7.88. The van der Waals surface area contributed by atoms with Crippen LogP contribution in [0.3, 0.4) is 0 Å². The van der Waals surface area contributed by atoms with Crippen LogP contribution < -0.4 is 5.32 Å². The fourth-order valence-corrected chi connectivity index (χ4v) is 2.42. The van der Waals surface area contributed by atoms with E-state index in [4.69, 9.17) is 0 Å². The molecule has 1 rings (SSSR count). The maximum atomic E-state index is 11.9. The summed E-state index contributed by atoms with van der Waals surface area (Å²) in [5.74, 6) is 0. The third-order valence-electron chi connectivity index (χ3n) is 2.68. The van der Waals surface area contributed by atoms with Crippen LogP contribution >= 0.6 is 11.3 Å². The minimum absolute atomic E-state index is 0.124.